The monoisotopic (exact) mass is 240 g/mol. The van der Waals surface area contributed by atoms with E-state index in [9.17, 15) is 0 Å². The lowest BCUT2D eigenvalue weighted by atomic mass is 9.83. The van der Waals surface area contributed by atoms with Crippen LogP contribution in [0.3, 0.4) is 0 Å². The van der Waals surface area contributed by atoms with Crippen molar-refractivity contribution >= 4 is 0 Å². The summed E-state index contributed by atoms with van der Waals surface area (Å²) >= 11 is 0. The molecule has 100 valence electrons. The highest BCUT2D eigenvalue weighted by Gasteiger charge is 2.41. The zero-order valence-electron chi connectivity index (χ0n) is 12.1. The Morgan fingerprint density at radius 3 is 1.65 bits per heavy atom. The Hall–Kier alpha value is -0.120. The van der Waals surface area contributed by atoms with Crippen molar-refractivity contribution in [3.8, 4) is 0 Å². The molecule has 0 unspecified atom stereocenters. The first-order chi connectivity index (χ1) is 7.82. The maximum absolute atomic E-state index is 5.35. The van der Waals surface area contributed by atoms with Gasteiger partial charge in [-0.2, -0.15) is 0 Å². The first kappa shape index (κ1) is 13.3. The molecule has 0 aromatic carbocycles. The van der Waals surface area contributed by atoms with Crippen LogP contribution < -0.4 is 0 Å². The molecule has 0 bridgehead atoms. The predicted molar refractivity (Wildman–Crippen MR) is 71.3 cm³/mol. The topological polar surface area (TPSA) is 15.7 Å². The molecule has 3 heteroatoms. The number of hydrogen-bond donors (Lipinski definition) is 0. The Bertz CT molecular complexity index is 258. The number of hydrogen-bond acceptors (Lipinski definition) is 3. The van der Waals surface area contributed by atoms with Gasteiger partial charge in [0, 0.05) is 43.2 Å². The van der Waals surface area contributed by atoms with Gasteiger partial charge in [0.05, 0.1) is 13.2 Å². The van der Waals surface area contributed by atoms with Gasteiger partial charge in [-0.05, 0) is 34.6 Å². The Kier molecular flexibility index (Phi) is 3.54. The Labute approximate surface area is 106 Å². The first-order valence-corrected chi connectivity index (χ1v) is 6.89. The first-order valence-electron chi connectivity index (χ1n) is 6.89. The molecule has 0 aliphatic carbocycles. The third kappa shape index (κ3) is 2.67. The normalized spacial score (nSPS) is 25.9. The molecule has 0 aromatic rings. The van der Waals surface area contributed by atoms with Gasteiger partial charge >= 0.3 is 0 Å². The van der Waals surface area contributed by atoms with E-state index in [0.717, 1.165) is 19.1 Å². The summed E-state index contributed by atoms with van der Waals surface area (Å²) < 4.78 is 5.35. The fourth-order valence-corrected chi connectivity index (χ4v) is 2.86. The lowest BCUT2D eigenvalue weighted by Gasteiger charge is -2.52. The average Bonchev–Trinajstić information content (AvgIpc) is 2.13. The van der Waals surface area contributed by atoms with Crippen LogP contribution in [0.5, 0.6) is 0 Å². The van der Waals surface area contributed by atoms with Gasteiger partial charge in [0.2, 0.25) is 0 Å². The summed E-state index contributed by atoms with van der Waals surface area (Å²) in [6.07, 6.45) is 0. The van der Waals surface area contributed by atoms with Crippen LogP contribution in [0.15, 0.2) is 0 Å². The zero-order chi connectivity index (χ0) is 12.7. The molecule has 0 amide bonds. The average molecular weight is 240 g/mol. The van der Waals surface area contributed by atoms with Crippen LogP contribution in [0.1, 0.15) is 34.6 Å². The summed E-state index contributed by atoms with van der Waals surface area (Å²) in [4.78, 5) is 5.25. The van der Waals surface area contributed by atoms with Gasteiger partial charge in [-0.3, -0.25) is 9.80 Å². The highest BCUT2D eigenvalue weighted by atomic mass is 16.5. The number of nitrogens with zero attached hydrogens (tertiary/aromatic N) is 2. The molecule has 2 aliphatic rings. The molecule has 2 heterocycles. The largest absolute Gasteiger partial charge is 0.381 e. The van der Waals surface area contributed by atoms with Crippen LogP contribution in [0, 0.1) is 5.92 Å². The molecule has 3 nitrogen and oxygen atoms in total. The number of ether oxygens (including phenoxy) is 1. The fraction of sp³-hybridized carbons (Fsp3) is 1.00. The van der Waals surface area contributed by atoms with Gasteiger partial charge in [0.1, 0.15) is 0 Å². The van der Waals surface area contributed by atoms with Crippen molar-refractivity contribution in [1.29, 1.82) is 0 Å². The summed E-state index contributed by atoms with van der Waals surface area (Å²) in [5.74, 6) is 0.726. The van der Waals surface area contributed by atoms with Crippen molar-refractivity contribution in [2.24, 2.45) is 5.92 Å². The van der Waals surface area contributed by atoms with E-state index in [-0.39, 0.29) is 0 Å². The Morgan fingerprint density at radius 2 is 1.29 bits per heavy atom. The smallest absolute Gasteiger partial charge is 0.0534 e. The predicted octanol–water partition coefficient (Wildman–Crippen LogP) is 1.83. The molecule has 2 aliphatic heterocycles. The van der Waals surface area contributed by atoms with Gasteiger partial charge in [-0.15, -0.1) is 0 Å². The Morgan fingerprint density at radius 1 is 0.824 bits per heavy atom. The molecule has 2 rings (SSSR count). The lowest BCUT2D eigenvalue weighted by Crippen LogP contribution is -2.62. The molecule has 0 spiro atoms. The molecule has 0 aromatic heterocycles. The van der Waals surface area contributed by atoms with Crippen molar-refractivity contribution in [2.45, 2.75) is 45.7 Å². The number of rotatable bonds is 2. The molecule has 2 saturated heterocycles. The van der Waals surface area contributed by atoms with Crippen LogP contribution in [0.25, 0.3) is 0 Å². The van der Waals surface area contributed by atoms with Gasteiger partial charge in [0.15, 0.2) is 0 Å². The SMILES string of the molecule is CC(C)(C)N1CCN(C(C)(C)C2COC2)CC1. The molecule has 2 fully saturated rings. The summed E-state index contributed by atoms with van der Waals surface area (Å²) in [7, 11) is 0. The van der Waals surface area contributed by atoms with Gasteiger partial charge in [-0.25, -0.2) is 0 Å². The van der Waals surface area contributed by atoms with E-state index >= 15 is 0 Å². The standard InChI is InChI=1S/C14H28N2O/c1-13(2,3)15-6-8-16(9-7-15)14(4,5)12-10-17-11-12/h12H,6-11H2,1-5H3. The van der Waals surface area contributed by atoms with E-state index < -0.39 is 0 Å². The second-order valence-corrected chi connectivity index (χ2v) is 7.03. The second-order valence-electron chi connectivity index (χ2n) is 7.03. The summed E-state index contributed by atoms with van der Waals surface area (Å²) in [6.45, 7) is 18.4. The van der Waals surface area contributed by atoms with Gasteiger partial charge < -0.3 is 4.74 Å². The van der Waals surface area contributed by atoms with Crippen molar-refractivity contribution in [3.63, 3.8) is 0 Å². The molecular weight excluding hydrogens is 212 g/mol. The van der Waals surface area contributed by atoms with Crippen molar-refractivity contribution < 1.29 is 4.74 Å². The van der Waals surface area contributed by atoms with Crippen molar-refractivity contribution in [1.82, 2.24) is 9.80 Å². The number of piperazine rings is 1. The van der Waals surface area contributed by atoms with E-state index in [4.69, 9.17) is 4.74 Å². The maximum atomic E-state index is 5.35. The summed E-state index contributed by atoms with van der Waals surface area (Å²) in [5, 5.41) is 0. The fourth-order valence-electron chi connectivity index (χ4n) is 2.86. The van der Waals surface area contributed by atoms with E-state index in [1.54, 1.807) is 0 Å². The minimum atomic E-state index is 0.308. The minimum absolute atomic E-state index is 0.308. The quantitative estimate of drug-likeness (QED) is 0.732. The minimum Gasteiger partial charge on any atom is -0.381 e. The van der Waals surface area contributed by atoms with E-state index in [2.05, 4.69) is 44.4 Å². The van der Waals surface area contributed by atoms with Crippen LogP contribution in [-0.4, -0.2) is 60.3 Å². The van der Waals surface area contributed by atoms with Crippen molar-refractivity contribution in [2.75, 3.05) is 39.4 Å². The summed E-state index contributed by atoms with van der Waals surface area (Å²) in [5.41, 5.74) is 0.623. The van der Waals surface area contributed by atoms with Crippen LogP contribution in [0.4, 0.5) is 0 Å². The van der Waals surface area contributed by atoms with Crippen LogP contribution >= 0.6 is 0 Å². The second kappa shape index (κ2) is 4.52. The molecule has 0 N–H and O–H groups in total. The third-order valence-electron chi connectivity index (χ3n) is 4.68. The van der Waals surface area contributed by atoms with Crippen LogP contribution in [0.2, 0.25) is 0 Å². The molecular formula is C14H28N2O. The molecule has 0 atom stereocenters. The van der Waals surface area contributed by atoms with Crippen molar-refractivity contribution in [3.05, 3.63) is 0 Å². The van der Waals surface area contributed by atoms with E-state index in [0.29, 0.717) is 11.1 Å². The highest BCUT2D eigenvalue weighted by Crippen LogP contribution is 2.31. The Balaban J connectivity index is 1.90. The molecule has 0 radical (unpaired) electrons. The maximum Gasteiger partial charge on any atom is 0.0534 e. The third-order valence-corrected chi connectivity index (χ3v) is 4.68. The van der Waals surface area contributed by atoms with Gasteiger partial charge in [0.25, 0.3) is 0 Å². The molecule has 17 heavy (non-hydrogen) atoms. The highest BCUT2D eigenvalue weighted by molar-refractivity contribution is 4.95. The lowest BCUT2D eigenvalue weighted by molar-refractivity contribution is -0.117. The molecule has 0 saturated carbocycles. The van der Waals surface area contributed by atoms with E-state index in [1.165, 1.54) is 26.2 Å². The summed E-state index contributed by atoms with van der Waals surface area (Å²) in [6, 6.07) is 0. The van der Waals surface area contributed by atoms with Gasteiger partial charge in [-0.1, -0.05) is 0 Å². The van der Waals surface area contributed by atoms with Crippen LogP contribution in [-0.2, 0) is 4.74 Å². The van der Waals surface area contributed by atoms with E-state index in [1.807, 2.05) is 0 Å². The zero-order valence-corrected chi connectivity index (χ0v) is 12.1.